The van der Waals surface area contributed by atoms with Gasteiger partial charge in [0.2, 0.25) is 0 Å². The summed E-state index contributed by atoms with van der Waals surface area (Å²) in [6.45, 7) is 3.13. The summed E-state index contributed by atoms with van der Waals surface area (Å²) in [4.78, 5) is 25.2. The SMILES string of the molecule is Cc1ccc(C(=O)O[C@@H](C)C(=O)Nc2cc(C(F)(F)F)ccc2Cl)s1. The van der Waals surface area contributed by atoms with Crippen LogP contribution in [-0.4, -0.2) is 18.0 Å². The van der Waals surface area contributed by atoms with Gasteiger partial charge in [0.05, 0.1) is 16.3 Å². The lowest BCUT2D eigenvalue weighted by atomic mass is 10.2. The molecule has 2 rings (SSSR count). The van der Waals surface area contributed by atoms with E-state index >= 15 is 0 Å². The van der Waals surface area contributed by atoms with E-state index in [2.05, 4.69) is 5.32 Å². The molecule has 9 heteroatoms. The van der Waals surface area contributed by atoms with Crippen LogP contribution in [0.5, 0.6) is 0 Å². The molecule has 2 aromatic rings. The average molecular weight is 392 g/mol. The van der Waals surface area contributed by atoms with Crippen molar-refractivity contribution in [3.05, 3.63) is 50.7 Å². The fourth-order valence-corrected chi connectivity index (χ4v) is 2.76. The highest BCUT2D eigenvalue weighted by Crippen LogP contribution is 2.33. The van der Waals surface area contributed by atoms with Gasteiger partial charge in [-0.05, 0) is 44.2 Å². The monoisotopic (exact) mass is 391 g/mol. The maximum atomic E-state index is 12.7. The first kappa shape index (κ1) is 19.3. The molecule has 0 aliphatic carbocycles. The van der Waals surface area contributed by atoms with E-state index in [9.17, 15) is 22.8 Å². The van der Waals surface area contributed by atoms with Crippen LogP contribution in [0.1, 0.15) is 27.0 Å². The van der Waals surface area contributed by atoms with Crippen LogP contribution in [0.4, 0.5) is 18.9 Å². The second-order valence-corrected chi connectivity index (χ2v) is 6.83. The van der Waals surface area contributed by atoms with Crippen molar-refractivity contribution in [2.45, 2.75) is 26.1 Å². The zero-order valence-corrected chi connectivity index (χ0v) is 14.7. The zero-order chi connectivity index (χ0) is 18.8. The Morgan fingerprint density at radius 3 is 2.48 bits per heavy atom. The number of aryl methyl sites for hydroxylation is 1. The Morgan fingerprint density at radius 1 is 1.24 bits per heavy atom. The molecule has 0 aliphatic heterocycles. The van der Waals surface area contributed by atoms with Gasteiger partial charge in [-0.2, -0.15) is 13.2 Å². The van der Waals surface area contributed by atoms with Crippen molar-refractivity contribution >= 4 is 40.5 Å². The van der Waals surface area contributed by atoms with Gasteiger partial charge < -0.3 is 10.1 Å². The first-order chi connectivity index (χ1) is 11.6. The number of halogens is 4. The van der Waals surface area contributed by atoms with E-state index in [4.69, 9.17) is 16.3 Å². The second-order valence-electron chi connectivity index (χ2n) is 5.14. The second kappa shape index (κ2) is 7.45. The summed E-state index contributed by atoms with van der Waals surface area (Å²) in [6, 6.07) is 5.86. The minimum Gasteiger partial charge on any atom is -0.448 e. The number of benzene rings is 1. The minimum absolute atomic E-state index is 0.0613. The molecule has 4 nitrogen and oxygen atoms in total. The van der Waals surface area contributed by atoms with Crippen LogP contribution in [0.15, 0.2) is 30.3 Å². The van der Waals surface area contributed by atoms with Gasteiger partial charge in [-0.3, -0.25) is 4.79 Å². The molecule has 1 atom stereocenters. The number of rotatable bonds is 4. The van der Waals surface area contributed by atoms with Crippen molar-refractivity contribution in [2.24, 2.45) is 0 Å². The van der Waals surface area contributed by atoms with Gasteiger partial charge in [-0.1, -0.05) is 11.6 Å². The van der Waals surface area contributed by atoms with Crippen molar-refractivity contribution in [1.29, 1.82) is 0 Å². The number of amides is 1. The van der Waals surface area contributed by atoms with Crippen LogP contribution in [0, 0.1) is 6.92 Å². The van der Waals surface area contributed by atoms with Gasteiger partial charge in [0.15, 0.2) is 6.10 Å². The van der Waals surface area contributed by atoms with Crippen LogP contribution in [0.25, 0.3) is 0 Å². The summed E-state index contributed by atoms with van der Waals surface area (Å²) in [5.74, 6) is -1.47. The Hall–Kier alpha value is -2.06. The van der Waals surface area contributed by atoms with E-state index in [0.29, 0.717) is 4.88 Å². The molecule has 0 saturated carbocycles. The number of hydrogen-bond donors (Lipinski definition) is 1. The Morgan fingerprint density at radius 2 is 1.92 bits per heavy atom. The molecule has 0 bridgehead atoms. The third kappa shape index (κ3) is 4.96. The van der Waals surface area contributed by atoms with Gasteiger partial charge in [0, 0.05) is 4.88 Å². The Balaban J connectivity index is 2.07. The zero-order valence-electron chi connectivity index (χ0n) is 13.1. The molecule has 1 aromatic heterocycles. The van der Waals surface area contributed by atoms with E-state index in [-0.39, 0.29) is 10.7 Å². The van der Waals surface area contributed by atoms with Gasteiger partial charge in [-0.25, -0.2) is 4.79 Å². The van der Waals surface area contributed by atoms with Crippen molar-refractivity contribution in [3.8, 4) is 0 Å². The first-order valence-corrected chi connectivity index (χ1v) is 8.22. The lowest BCUT2D eigenvalue weighted by Crippen LogP contribution is -2.30. The number of carbonyl (C=O) groups excluding carboxylic acids is 2. The van der Waals surface area contributed by atoms with Crippen LogP contribution in [0.2, 0.25) is 5.02 Å². The molecule has 1 heterocycles. The normalized spacial score (nSPS) is 12.6. The highest BCUT2D eigenvalue weighted by molar-refractivity contribution is 7.13. The number of ether oxygens (including phenoxy) is 1. The summed E-state index contributed by atoms with van der Waals surface area (Å²) in [7, 11) is 0. The lowest BCUT2D eigenvalue weighted by molar-refractivity contribution is -0.137. The molecule has 0 unspecified atom stereocenters. The highest BCUT2D eigenvalue weighted by atomic mass is 35.5. The lowest BCUT2D eigenvalue weighted by Gasteiger charge is -2.15. The summed E-state index contributed by atoms with van der Waals surface area (Å²) >= 11 is 7.02. The molecular formula is C16H13ClF3NO3S. The summed E-state index contributed by atoms with van der Waals surface area (Å²) in [6.07, 6.45) is -5.78. The number of carbonyl (C=O) groups is 2. The molecule has 134 valence electrons. The average Bonchev–Trinajstić information content (AvgIpc) is 2.94. The predicted octanol–water partition coefficient (Wildman–Crippen LogP) is 4.91. The number of hydrogen-bond acceptors (Lipinski definition) is 4. The molecular weight excluding hydrogens is 379 g/mol. The minimum atomic E-state index is -4.57. The van der Waals surface area contributed by atoms with Crippen molar-refractivity contribution in [3.63, 3.8) is 0 Å². The van der Waals surface area contributed by atoms with Crippen LogP contribution in [0.3, 0.4) is 0 Å². The largest absolute Gasteiger partial charge is 0.448 e. The molecule has 1 N–H and O–H groups in total. The van der Waals surface area contributed by atoms with Gasteiger partial charge in [0.1, 0.15) is 4.88 Å². The molecule has 1 amide bonds. The van der Waals surface area contributed by atoms with E-state index in [0.717, 1.165) is 23.1 Å². The van der Waals surface area contributed by atoms with Gasteiger partial charge in [0.25, 0.3) is 5.91 Å². The molecule has 0 spiro atoms. The van der Waals surface area contributed by atoms with Crippen LogP contribution >= 0.6 is 22.9 Å². The smallest absolute Gasteiger partial charge is 0.416 e. The predicted molar refractivity (Wildman–Crippen MR) is 89.0 cm³/mol. The standard InChI is InChI=1S/C16H13ClF3NO3S/c1-8-3-6-13(25-8)15(23)24-9(2)14(22)21-12-7-10(16(18,19)20)4-5-11(12)17/h3-7,9H,1-2H3,(H,21,22)/t9-/m0/s1. The number of thiophene rings is 1. The summed E-state index contributed by atoms with van der Waals surface area (Å²) in [5, 5.41) is 2.18. The van der Waals surface area contributed by atoms with E-state index < -0.39 is 29.7 Å². The van der Waals surface area contributed by atoms with E-state index in [1.165, 1.54) is 18.3 Å². The topological polar surface area (TPSA) is 55.4 Å². The van der Waals surface area contributed by atoms with Gasteiger partial charge >= 0.3 is 12.1 Å². The van der Waals surface area contributed by atoms with Crippen LogP contribution in [-0.2, 0) is 15.7 Å². The summed E-state index contributed by atoms with van der Waals surface area (Å²) in [5.41, 5.74) is -1.16. The van der Waals surface area contributed by atoms with Crippen LogP contribution < -0.4 is 5.32 Å². The number of anilines is 1. The Kier molecular flexibility index (Phi) is 5.74. The molecule has 0 fully saturated rings. The van der Waals surface area contributed by atoms with Crippen molar-refractivity contribution in [2.75, 3.05) is 5.32 Å². The number of alkyl halides is 3. The Bertz CT molecular complexity index is 804. The molecule has 25 heavy (non-hydrogen) atoms. The molecule has 0 aliphatic rings. The maximum Gasteiger partial charge on any atom is 0.416 e. The maximum absolute atomic E-state index is 12.7. The van der Waals surface area contributed by atoms with Gasteiger partial charge in [-0.15, -0.1) is 11.3 Å². The van der Waals surface area contributed by atoms with Crippen molar-refractivity contribution in [1.82, 2.24) is 0 Å². The third-order valence-corrected chi connectivity index (χ3v) is 4.46. The van der Waals surface area contributed by atoms with E-state index in [1.54, 1.807) is 12.1 Å². The molecule has 0 saturated heterocycles. The molecule has 1 aromatic carbocycles. The number of nitrogens with one attached hydrogen (secondary N) is 1. The number of esters is 1. The first-order valence-electron chi connectivity index (χ1n) is 7.03. The highest BCUT2D eigenvalue weighted by Gasteiger charge is 2.31. The Labute approximate surface area is 150 Å². The molecule has 0 radical (unpaired) electrons. The fourth-order valence-electron chi connectivity index (χ4n) is 1.85. The van der Waals surface area contributed by atoms with E-state index in [1.807, 2.05) is 6.92 Å². The van der Waals surface area contributed by atoms with Crippen molar-refractivity contribution < 1.29 is 27.5 Å². The fraction of sp³-hybridized carbons (Fsp3) is 0.250. The summed E-state index contributed by atoms with van der Waals surface area (Å²) < 4.78 is 43.2. The third-order valence-electron chi connectivity index (χ3n) is 3.15. The quantitative estimate of drug-likeness (QED) is 0.753.